The zero-order valence-corrected chi connectivity index (χ0v) is 16.2. The highest BCUT2D eigenvalue weighted by Gasteiger charge is 2.31. The van der Waals surface area contributed by atoms with Crippen molar-refractivity contribution in [3.05, 3.63) is 52.9 Å². The average molecular weight is 378 g/mol. The average Bonchev–Trinajstić information content (AvgIpc) is 3.06. The second-order valence-corrected chi connectivity index (χ2v) is 7.10. The molecule has 4 heterocycles. The standard InChI is InChI=1S/C20H22N6O2/c1-12-10-16(24-19(23-12)18-13(2)25-28-14(18)3)17-6-4-5-9-26(17)20(27)15-7-8-21-22-11-15/h7-8,10-11,17H,4-6,9H2,1-3H3. The zero-order chi connectivity index (χ0) is 19.7. The molecule has 144 valence electrons. The Bertz CT molecular complexity index is 982. The molecule has 28 heavy (non-hydrogen) atoms. The van der Waals surface area contributed by atoms with E-state index < -0.39 is 0 Å². The van der Waals surface area contributed by atoms with Crippen molar-refractivity contribution >= 4 is 5.91 Å². The number of amides is 1. The highest BCUT2D eigenvalue weighted by atomic mass is 16.5. The lowest BCUT2D eigenvalue weighted by molar-refractivity contribution is 0.0605. The minimum Gasteiger partial charge on any atom is -0.361 e. The van der Waals surface area contributed by atoms with Crippen LogP contribution in [0.25, 0.3) is 11.4 Å². The van der Waals surface area contributed by atoms with E-state index in [0.717, 1.165) is 41.9 Å². The maximum atomic E-state index is 13.1. The van der Waals surface area contributed by atoms with Gasteiger partial charge in [-0.2, -0.15) is 10.2 Å². The first-order valence-corrected chi connectivity index (χ1v) is 9.41. The van der Waals surface area contributed by atoms with Crippen LogP contribution in [-0.4, -0.2) is 42.7 Å². The maximum Gasteiger partial charge on any atom is 0.256 e. The van der Waals surface area contributed by atoms with Crippen molar-refractivity contribution in [3.8, 4) is 11.4 Å². The molecule has 1 unspecified atom stereocenters. The van der Waals surface area contributed by atoms with Crippen LogP contribution in [0, 0.1) is 20.8 Å². The molecule has 3 aromatic heterocycles. The Labute approximate surface area is 163 Å². The van der Waals surface area contributed by atoms with Gasteiger partial charge in [-0.3, -0.25) is 4.79 Å². The van der Waals surface area contributed by atoms with E-state index in [1.807, 2.05) is 31.7 Å². The first-order valence-electron chi connectivity index (χ1n) is 9.41. The van der Waals surface area contributed by atoms with E-state index in [-0.39, 0.29) is 11.9 Å². The number of rotatable bonds is 3. The van der Waals surface area contributed by atoms with Crippen molar-refractivity contribution in [2.75, 3.05) is 6.54 Å². The van der Waals surface area contributed by atoms with Gasteiger partial charge in [-0.15, -0.1) is 0 Å². The summed E-state index contributed by atoms with van der Waals surface area (Å²) >= 11 is 0. The molecular weight excluding hydrogens is 356 g/mol. The summed E-state index contributed by atoms with van der Waals surface area (Å²) in [6.45, 7) is 6.36. The summed E-state index contributed by atoms with van der Waals surface area (Å²) in [6, 6.07) is 3.56. The second-order valence-electron chi connectivity index (χ2n) is 7.10. The number of nitrogens with zero attached hydrogens (tertiary/aromatic N) is 6. The van der Waals surface area contributed by atoms with Gasteiger partial charge in [-0.1, -0.05) is 5.16 Å². The van der Waals surface area contributed by atoms with Crippen LogP contribution in [0.15, 0.2) is 29.0 Å². The molecule has 1 amide bonds. The normalized spacial score (nSPS) is 17.0. The summed E-state index contributed by atoms with van der Waals surface area (Å²) in [6.07, 6.45) is 5.93. The topological polar surface area (TPSA) is 97.9 Å². The molecule has 0 bridgehead atoms. The molecule has 0 aromatic carbocycles. The lowest BCUT2D eigenvalue weighted by atomic mass is 9.97. The summed E-state index contributed by atoms with van der Waals surface area (Å²) in [5, 5.41) is 11.6. The number of hydrogen-bond donors (Lipinski definition) is 0. The van der Waals surface area contributed by atoms with Crippen LogP contribution in [0.4, 0.5) is 0 Å². The second kappa shape index (κ2) is 7.46. The van der Waals surface area contributed by atoms with Gasteiger partial charge in [0, 0.05) is 12.2 Å². The van der Waals surface area contributed by atoms with Gasteiger partial charge >= 0.3 is 0 Å². The highest BCUT2D eigenvalue weighted by molar-refractivity contribution is 5.94. The van der Waals surface area contributed by atoms with Crippen LogP contribution < -0.4 is 0 Å². The zero-order valence-electron chi connectivity index (χ0n) is 16.2. The van der Waals surface area contributed by atoms with Crippen molar-refractivity contribution in [1.82, 2.24) is 30.2 Å². The monoisotopic (exact) mass is 378 g/mol. The summed E-state index contributed by atoms with van der Waals surface area (Å²) in [4.78, 5) is 24.4. The van der Waals surface area contributed by atoms with Gasteiger partial charge in [0.15, 0.2) is 5.82 Å². The molecular formula is C20H22N6O2. The molecule has 3 aromatic rings. The van der Waals surface area contributed by atoms with Crippen molar-refractivity contribution < 1.29 is 9.32 Å². The first-order chi connectivity index (χ1) is 13.5. The fraction of sp³-hybridized carbons (Fsp3) is 0.400. The molecule has 0 spiro atoms. The van der Waals surface area contributed by atoms with E-state index in [9.17, 15) is 4.79 Å². The van der Waals surface area contributed by atoms with E-state index in [1.165, 1.54) is 12.4 Å². The largest absolute Gasteiger partial charge is 0.361 e. The molecule has 1 aliphatic rings. The lowest BCUT2D eigenvalue weighted by Gasteiger charge is -2.35. The molecule has 1 fully saturated rings. The molecule has 8 heteroatoms. The van der Waals surface area contributed by atoms with E-state index in [4.69, 9.17) is 9.51 Å². The molecule has 0 saturated carbocycles. The molecule has 1 atom stereocenters. The number of likely N-dealkylation sites (tertiary alicyclic amines) is 1. The van der Waals surface area contributed by atoms with Gasteiger partial charge in [-0.25, -0.2) is 9.97 Å². The van der Waals surface area contributed by atoms with Crippen LogP contribution in [0.1, 0.15) is 58.5 Å². The van der Waals surface area contributed by atoms with Crippen molar-refractivity contribution in [2.45, 2.75) is 46.1 Å². The molecule has 0 radical (unpaired) electrons. The van der Waals surface area contributed by atoms with Crippen LogP contribution >= 0.6 is 0 Å². The van der Waals surface area contributed by atoms with E-state index in [2.05, 4.69) is 20.3 Å². The quantitative estimate of drug-likeness (QED) is 0.690. The van der Waals surface area contributed by atoms with E-state index in [1.54, 1.807) is 6.07 Å². The highest BCUT2D eigenvalue weighted by Crippen LogP contribution is 2.33. The smallest absolute Gasteiger partial charge is 0.256 e. The van der Waals surface area contributed by atoms with Gasteiger partial charge in [0.2, 0.25) is 0 Å². The molecule has 4 rings (SSSR count). The number of hydrogen-bond acceptors (Lipinski definition) is 7. The number of aryl methyl sites for hydroxylation is 3. The maximum absolute atomic E-state index is 13.1. The molecule has 8 nitrogen and oxygen atoms in total. The van der Waals surface area contributed by atoms with Crippen LogP contribution in [0.2, 0.25) is 0 Å². The minimum atomic E-state index is -0.102. The summed E-state index contributed by atoms with van der Waals surface area (Å²) in [5.74, 6) is 1.23. The van der Waals surface area contributed by atoms with Gasteiger partial charge < -0.3 is 9.42 Å². The SMILES string of the molecule is Cc1cc(C2CCCCN2C(=O)c2ccnnc2)nc(-c2c(C)noc2C)n1. The van der Waals surface area contributed by atoms with Gasteiger partial charge in [-0.05, 0) is 52.2 Å². The fourth-order valence-electron chi connectivity index (χ4n) is 3.74. The Morgan fingerprint density at radius 1 is 1.18 bits per heavy atom. The predicted octanol–water partition coefficient (Wildman–Crippen LogP) is 3.21. The Balaban J connectivity index is 1.73. The fourth-order valence-corrected chi connectivity index (χ4v) is 3.74. The van der Waals surface area contributed by atoms with Crippen molar-refractivity contribution in [2.24, 2.45) is 0 Å². The van der Waals surface area contributed by atoms with Crippen LogP contribution in [0.3, 0.4) is 0 Å². The Kier molecular flexibility index (Phi) is 4.85. The number of aromatic nitrogens is 5. The Morgan fingerprint density at radius 3 is 2.75 bits per heavy atom. The lowest BCUT2D eigenvalue weighted by Crippen LogP contribution is -2.39. The summed E-state index contributed by atoms with van der Waals surface area (Å²) < 4.78 is 5.28. The van der Waals surface area contributed by atoms with E-state index in [0.29, 0.717) is 23.7 Å². The summed E-state index contributed by atoms with van der Waals surface area (Å²) in [7, 11) is 0. The molecule has 0 N–H and O–H groups in total. The Morgan fingerprint density at radius 2 is 2.04 bits per heavy atom. The molecule has 1 aliphatic heterocycles. The third kappa shape index (κ3) is 3.37. The Hall–Kier alpha value is -3.16. The number of carbonyl (C=O) groups excluding carboxylic acids is 1. The first kappa shape index (κ1) is 18.2. The predicted molar refractivity (Wildman–Crippen MR) is 101 cm³/mol. The number of carbonyl (C=O) groups is 1. The molecule has 1 saturated heterocycles. The molecule has 0 aliphatic carbocycles. The third-order valence-corrected chi connectivity index (χ3v) is 5.07. The van der Waals surface area contributed by atoms with Crippen LogP contribution in [0.5, 0.6) is 0 Å². The van der Waals surface area contributed by atoms with Crippen LogP contribution in [-0.2, 0) is 0 Å². The van der Waals surface area contributed by atoms with Gasteiger partial charge in [0.1, 0.15) is 5.76 Å². The van der Waals surface area contributed by atoms with Gasteiger partial charge in [0.25, 0.3) is 5.91 Å². The van der Waals surface area contributed by atoms with Crippen molar-refractivity contribution in [1.29, 1.82) is 0 Å². The number of piperidine rings is 1. The van der Waals surface area contributed by atoms with Crippen molar-refractivity contribution in [3.63, 3.8) is 0 Å². The van der Waals surface area contributed by atoms with Gasteiger partial charge in [0.05, 0.1) is 41.0 Å². The summed E-state index contributed by atoms with van der Waals surface area (Å²) in [5.41, 5.74) is 3.81. The third-order valence-electron chi connectivity index (χ3n) is 5.07. The minimum absolute atomic E-state index is 0.0465. The van der Waals surface area contributed by atoms with E-state index >= 15 is 0 Å².